The number of fused-ring (bicyclic) bond motifs is 1. The summed E-state index contributed by atoms with van der Waals surface area (Å²) in [5.41, 5.74) is 2.49. The van der Waals surface area contributed by atoms with Crippen molar-refractivity contribution in [3.8, 4) is 0 Å². The summed E-state index contributed by atoms with van der Waals surface area (Å²) in [4.78, 5) is 0.442. The molecule has 0 aliphatic heterocycles. The summed E-state index contributed by atoms with van der Waals surface area (Å²) in [6.45, 7) is 3.09. The highest BCUT2D eigenvalue weighted by molar-refractivity contribution is 7.91. The van der Waals surface area contributed by atoms with Crippen molar-refractivity contribution in [1.29, 1.82) is 0 Å². The second-order valence-corrected chi connectivity index (χ2v) is 7.31. The van der Waals surface area contributed by atoms with Gasteiger partial charge in [0, 0.05) is 13.2 Å². The molecule has 0 saturated carbocycles. The van der Waals surface area contributed by atoms with Crippen LogP contribution in [0, 0.1) is 0 Å². The van der Waals surface area contributed by atoms with E-state index in [1.165, 1.54) is 11.1 Å². The van der Waals surface area contributed by atoms with E-state index in [0.29, 0.717) is 11.5 Å². The maximum atomic E-state index is 12.5. The van der Waals surface area contributed by atoms with Crippen molar-refractivity contribution < 1.29 is 13.2 Å². The van der Waals surface area contributed by atoms with Crippen LogP contribution in [0.3, 0.4) is 0 Å². The molecule has 0 fully saturated rings. The second-order valence-electron chi connectivity index (χ2n) is 5.28. The van der Waals surface area contributed by atoms with Crippen molar-refractivity contribution in [3.63, 3.8) is 0 Å². The minimum Gasteiger partial charge on any atom is -0.383 e. The van der Waals surface area contributed by atoms with Crippen LogP contribution in [0.25, 0.3) is 0 Å². The summed E-state index contributed by atoms with van der Waals surface area (Å²) < 4.78 is 30.1. The molecule has 1 aliphatic rings. The standard InChI is InChI=1S/C15H23NO3S/c1-3-16-14(10-19-2)11-20(17,18)15-8-7-12-5-4-6-13(12)9-15/h7-9,14,16H,3-6,10-11H2,1-2H3. The number of hydrogen-bond acceptors (Lipinski definition) is 4. The number of rotatable bonds is 7. The molecule has 0 amide bonds. The number of ether oxygens (including phenoxy) is 1. The molecule has 4 nitrogen and oxygen atoms in total. The van der Waals surface area contributed by atoms with E-state index in [-0.39, 0.29) is 11.8 Å². The summed E-state index contributed by atoms with van der Waals surface area (Å²) in [6.07, 6.45) is 3.19. The number of sulfone groups is 1. The van der Waals surface area contributed by atoms with Gasteiger partial charge in [0.2, 0.25) is 0 Å². The van der Waals surface area contributed by atoms with Gasteiger partial charge in [0.05, 0.1) is 17.3 Å². The minimum absolute atomic E-state index is 0.0769. The van der Waals surface area contributed by atoms with Crippen molar-refractivity contribution in [2.75, 3.05) is 26.0 Å². The molecule has 1 aromatic rings. The van der Waals surface area contributed by atoms with Gasteiger partial charge in [0.15, 0.2) is 9.84 Å². The fraction of sp³-hybridized carbons (Fsp3) is 0.600. The van der Waals surface area contributed by atoms with Crippen LogP contribution in [0.2, 0.25) is 0 Å². The quantitative estimate of drug-likeness (QED) is 0.830. The van der Waals surface area contributed by atoms with E-state index in [4.69, 9.17) is 4.74 Å². The van der Waals surface area contributed by atoms with Crippen LogP contribution < -0.4 is 5.32 Å². The Labute approximate surface area is 121 Å². The Balaban J connectivity index is 2.17. The number of hydrogen-bond donors (Lipinski definition) is 1. The molecule has 1 N–H and O–H groups in total. The molecule has 0 aromatic heterocycles. The Kier molecular flexibility index (Phi) is 5.18. The molecule has 20 heavy (non-hydrogen) atoms. The van der Waals surface area contributed by atoms with Crippen molar-refractivity contribution in [2.45, 2.75) is 37.1 Å². The summed E-state index contributed by atoms with van der Waals surface area (Å²) in [5, 5.41) is 3.16. The summed E-state index contributed by atoms with van der Waals surface area (Å²) in [5.74, 6) is 0.0769. The monoisotopic (exact) mass is 297 g/mol. The zero-order chi connectivity index (χ0) is 14.6. The fourth-order valence-electron chi connectivity index (χ4n) is 2.76. The lowest BCUT2D eigenvalue weighted by Crippen LogP contribution is -2.39. The maximum absolute atomic E-state index is 12.5. The highest BCUT2D eigenvalue weighted by Crippen LogP contribution is 2.25. The minimum atomic E-state index is -3.27. The molecule has 0 saturated heterocycles. The normalized spacial score (nSPS) is 16.1. The van der Waals surface area contributed by atoms with Crippen molar-refractivity contribution in [2.24, 2.45) is 0 Å². The first-order valence-corrected chi connectivity index (χ1v) is 8.79. The van der Waals surface area contributed by atoms with Gasteiger partial charge in [0.25, 0.3) is 0 Å². The molecule has 0 bridgehead atoms. The Hall–Kier alpha value is -0.910. The van der Waals surface area contributed by atoms with E-state index in [1.807, 2.05) is 19.1 Å². The maximum Gasteiger partial charge on any atom is 0.180 e. The molecule has 112 valence electrons. The van der Waals surface area contributed by atoms with Gasteiger partial charge in [-0.1, -0.05) is 13.0 Å². The van der Waals surface area contributed by atoms with E-state index < -0.39 is 9.84 Å². The van der Waals surface area contributed by atoms with Crippen LogP contribution in [-0.4, -0.2) is 40.5 Å². The predicted molar refractivity (Wildman–Crippen MR) is 79.9 cm³/mol. The lowest BCUT2D eigenvalue weighted by Gasteiger charge is -2.17. The largest absolute Gasteiger partial charge is 0.383 e. The Bertz CT molecular complexity index is 548. The van der Waals surface area contributed by atoms with Crippen molar-refractivity contribution in [1.82, 2.24) is 5.32 Å². The van der Waals surface area contributed by atoms with Gasteiger partial charge < -0.3 is 10.1 Å². The average molecular weight is 297 g/mol. The van der Waals surface area contributed by atoms with Gasteiger partial charge in [-0.25, -0.2) is 8.42 Å². The third kappa shape index (κ3) is 3.59. The molecule has 0 spiro atoms. The SMILES string of the molecule is CCNC(COC)CS(=O)(=O)c1ccc2c(c1)CCC2. The summed E-state index contributed by atoms with van der Waals surface area (Å²) in [7, 11) is -1.68. The van der Waals surface area contributed by atoms with Crippen LogP contribution in [0.1, 0.15) is 24.5 Å². The Morgan fingerprint density at radius 2 is 2.05 bits per heavy atom. The first kappa shape index (κ1) is 15.5. The third-order valence-corrected chi connectivity index (χ3v) is 5.52. The molecule has 0 heterocycles. The van der Waals surface area contributed by atoms with Gasteiger partial charge in [-0.05, 0) is 49.1 Å². The number of methoxy groups -OCH3 is 1. The van der Waals surface area contributed by atoms with Crippen molar-refractivity contribution in [3.05, 3.63) is 29.3 Å². The number of nitrogens with one attached hydrogen (secondary N) is 1. The Morgan fingerprint density at radius 1 is 1.30 bits per heavy atom. The lowest BCUT2D eigenvalue weighted by atomic mass is 10.1. The smallest absolute Gasteiger partial charge is 0.180 e. The lowest BCUT2D eigenvalue weighted by molar-refractivity contribution is 0.174. The van der Waals surface area contributed by atoms with Crippen molar-refractivity contribution >= 4 is 9.84 Å². The van der Waals surface area contributed by atoms with E-state index in [0.717, 1.165) is 25.8 Å². The third-order valence-electron chi connectivity index (χ3n) is 3.71. The fourth-order valence-corrected chi connectivity index (χ4v) is 4.29. The van der Waals surface area contributed by atoms with Gasteiger partial charge in [-0.15, -0.1) is 0 Å². The van der Waals surface area contributed by atoms with E-state index in [2.05, 4.69) is 5.32 Å². The van der Waals surface area contributed by atoms with Gasteiger partial charge >= 0.3 is 0 Å². The zero-order valence-electron chi connectivity index (χ0n) is 12.2. The molecule has 5 heteroatoms. The first-order chi connectivity index (χ1) is 9.56. The van der Waals surface area contributed by atoms with Crippen LogP contribution in [0.4, 0.5) is 0 Å². The summed E-state index contributed by atoms with van der Waals surface area (Å²) >= 11 is 0. The number of likely N-dealkylation sites (N-methyl/N-ethyl adjacent to an activating group) is 1. The van der Waals surface area contributed by atoms with Gasteiger partial charge in [-0.3, -0.25) is 0 Å². The molecule has 1 aliphatic carbocycles. The molecular weight excluding hydrogens is 274 g/mol. The second kappa shape index (κ2) is 6.70. The van der Waals surface area contributed by atoms with Gasteiger partial charge in [-0.2, -0.15) is 0 Å². The van der Waals surface area contributed by atoms with Crippen LogP contribution in [-0.2, 0) is 27.4 Å². The summed E-state index contributed by atoms with van der Waals surface area (Å²) in [6, 6.07) is 5.40. The molecule has 1 unspecified atom stereocenters. The zero-order valence-corrected chi connectivity index (χ0v) is 13.0. The van der Waals surface area contributed by atoms with E-state index in [1.54, 1.807) is 13.2 Å². The highest BCUT2D eigenvalue weighted by atomic mass is 32.2. The van der Waals surface area contributed by atoms with Crippen LogP contribution in [0.15, 0.2) is 23.1 Å². The van der Waals surface area contributed by atoms with Crippen LogP contribution in [0.5, 0.6) is 0 Å². The number of aryl methyl sites for hydroxylation is 2. The molecule has 1 aromatic carbocycles. The average Bonchev–Trinajstić information content (AvgIpc) is 2.86. The Morgan fingerprint density at radius 3 is 2.75 bits per heavy atom. The molecule has 2 rings (SSSR count). The highest BCUT2D eigenvalue weighted by Gasteiger charge is 2.22. The van der Waals surface area contributed by atoms with E-state index >= 15 is 0 Å². The molecule has 0 radical (unpaired) electrons. The van der Waals surface area contributed by atoms with Gasteiger partial charge in [0.1, 0.15) is 0 Å². The number of benzene rings is 1. The predicted octanol–water partition coefficient (Wildman–Crippen LogP) is 1.57. The topological polar surface area (TPSA) is 55.4 Å². The first-order valence-electron chi connectivity index (χ1n) is 7.13. The molecular formula is C15H23NO3S. The molecule has 1 atom stereocenters. The van der Waals surface area contributed by atoms with E-state index in [9.17, 15) is 8.42 Å². The van der Waals surface area contributed by atoms with Crippen LogP contribution >= 0.6 is 0 Å².